The topological polar surface area (TPSA) is 75.2 Å². The summed E-state index contributed by atoms with van der Waals surface area (Å²) in [4.78, 5) is 4.56. The van der Waals surface area contributed by atoms with Crippen LogP contribution in [0.25, 0.3) is 22.8 Å². The first kappa shape index (κ1) is 19.1. The molecule has 2 heterocycles. The number of hydrogen-bond donors (Lipinski definition) is 0. The molecular formula is C20H26N4O3. The molecule has 3 rings (SSSR count). The van der Waals surface area contributed by atoms with Crippen molar-refractivity contribution in [3.63, 3.8) is 0 Å². The third-order valence-corrected chi connectivity index (χ3v) is 4.35. The minimum Gasteiger partial charge on any atom is -0.496 e. The Bertz CT molecular complexity index is 893. The Morgan fingerprint density at radius 1 is 1.19 bits per heavy atom. The van der Waals surface area contributed by atoms with Crippen LogP contribution in [-0.2, 0) is 16.7 Å². The molecule has 0 N–H and O–H groups in total. The van der Waals surface area contributed by atoms with Crippen LogP contribution in [0, 0.1) is 0 Å². The van der Waals surface area contributed by atoms with Crippen molar-refractivity contribution in [1.29, 1.82) is 0 Å². The summed E-state index contributed by atoms with van der Waals surface area (Å²) in [5, 5.41) is 8.49. The highest BCUT2D eigenvalue weighted by molar-refractivity contribution is 5.67. The third-order valence-electron chi connectivity index (χ3n) is 4.35. The molecule has 144 valence electrons. The summed E-state index contributed by atoms with van der Waals surface area (Å²) in [6, 6.07) is 6.06. The van der Waals surface area contributed by atoms with Crippen molar-refractivity contribution in [2.75, 3.05) is 20.8 Å². The predicted molar refractivity (Wildman–Crippen MR) is 103 cm³/mol. The van der Waals surface area contributed by atoms with Crippen molar-refractivity contribution < 1.29 is 14.0 Å². The number of hydrogen-bond acceptors (Lipinski definition) is 6. The standard InChI is InChI=1S/C20H26N4O3/c1-20(2,3)15-7-8-17(26-5)16(11-15)18-22-19(27-23-18)14-12-21-24(13-14)9-6-10-25-4/h7-8,11-13H,6,9-10H2,1-5H3. The third kappa shape index (κ3) is 4.36. The largest absolute Gasteiger partial charge is 0.496 e. The van der Waals surface area contributed by atoms with E-state index in [4.69, 9.17) is 14.0 Å². The normalized spacial score (nSPS) is 11.7. The summed E-state index contributed by atoms with van der Waals surface area (Å²) in [5.41, 5.74) is 2.79. The highest BCUT2D eigenvalue weighted by Crippen LogP contribution is 2.34. The molecule has 0 aliphatic rings. The SMILES string of the molecule is COCCCn1cc(-c2nc(-c3cc(C(C)(C)C)ccc3OC)no2)cn1. The van der Waals surface area contributed by atoms with Crippen molar-refractivity contribution in [3.8, 4) is 28.6 Å². The molecule has 27 heavy (non-hydrogen) atoms. The average Bonchev–Trinajstić information content (AvgIpc) is 3.30. The second-order valence-corrected chi connectivity index (χ2v) is 7.43. The van der Waals surface area contributed by atoms with Crippen molar-refractivity contribution in [1.82, 2.24) is 19.9 Å². The number of benzene rings is 1. The maximum atomic E-state index is 5.49. The van der Waals surface area contributed by atoms with Gasteiger partial charge in [-0.05, 0) is 29.5 Å². The van der Waals surface area contributed by atoms with Crippen LogP contribution < -0.4 is 4.74 Å². The van der Waals surface area contributed by atoms with E-state index in [0.29, 0.717) is 24.1 Å². The molecule has 0 saturated carbocycles. The lowest BCUT2D eigenvalue weighted by molar-refractivity contribution is 0.189. The number of methoxy groups -OCH3 is 2. The molecule has 0 fully saturated rings. The van der Waals surface area contributed by atoms with Crippen LogP contribution in [0.15, 0.2) is 35.1 Å². The molecule has 0 aliphatic heterocycles. The molecule has 3 aromatic rings. The van der Waals surface area contributed by atoms with Gasteiger partial charge in [0.15, 0.2) is 0 Å². The van der Waals surface area contributed by atoms with Crippen LogP contribution in [0.3, 0.4) is 0 Å². The number of aryl methyl sites for hydroxylation is 1. The molecule has 2 aromatic heterocycles. The molecule has 0 radical (unpaired) electrons. The Morgan fingerprint density at radius 3 is 2.70 bits per heavy atom. The van der Waals surface area contributed by atoms with Crippen LogP contribution in [0.1, 0.15) is 32.8 Å². The Hall–Kier alpha value is -2.67. The van der Waals surface area contributed by atoms with Gasteiger partial charge in [-0.3, -0.25) is 4.68 Å². The average molecular weight is 370 g/mol. The van der Waals surface area contributed by atoms with E-state index in [1.54, 1.807) is 20.4 Å². The highest BCUT2D eigenvalue weighted by Gasteiger charge is 2.20. The summed E-state index contributed by atoms with van der Waals surface area (Å²) >= 11 is 0. The summed E-state index contributed by atoms with van der Waals surface area (Å²) in [5.74, 6) is 1.65. The van der Waals surface area contributed by atoms with Crippen LogP contribution in [0.5, 0.6) is 5.75 Å². The lowest BCUT2D eigenvalue weighted by Gasteiger charge is -2.20. The summed E-state index contributed by atoms with van der Waals surface area (Å²) in [6.45, 7) is 7.97. The number of rotatable bonds is 7. The fourth-order valence-corrected chi connectivity index (χ4v) is 2.77. The molecule has 0 aliphatic carbocycles. The quantitative estimate of drug-likeness (QED) is 0.586. The van der Waals surface area contributed by atoms with Crippen molar-refractivity contribution in [3.05, 3.63) is 36.2 Å². The van der Waals surface area contributed by atoms with Gasteiger partial charge in [0, 0.05) is 26.5 Å². The van der Waals surface area contributed by atoms with Gasteiger partial charge in [0.2, 0.25) is 5.82 Å². The van der Waals surface area contributed by atoms with E-state index in [-0.39, 0.29) is 5.41 Å². The predicted octanol–water partition coefficient (Wildman–Crippen LogP) is 3.94. The van der Waals surface area contributed by atoms with E-state index in [2.05, 4.69) is 48.1 Å². The smallest absolute Gasteiger partial charge is 0.261 e. The van der Waals surface area contributed by atoms with Gasteiger partial charge in [-0.1, -0.05) is 32.0 Å². The van der Waals surface area contributed by atoms with Gasteiger partial charge < -0.3 is 14.0 Å². The summed E-state index contributed by atoms with van der Waals surface area (Å²) in [7, 11) is 3.33. The Labute approximate surface area is 159 Å². The minimum absolute atomic E-state index is 0.0108. The van der Waals surface area contributed by atoms with E-state index in [1.165, 1.54) is 5.56 Å². The molecule has 0 saturated heterocycles. The Morgan fingerprint density at radius 2 is 2.00 bits per heavy atom. The zero-order chi connectivity index (χ0) is 19.4. The van der Waals surface area contributed by atoms with Gasteiger partial charge in [-0.2, -0.15) is 10.1 Å². The molecule has 0 amide bonds. The Kier molecular flexibility index (Phi) is 5.60. The fourth-order valence-electron chi connectivity index (χ4n) is 2.77. The maximum Gasteiger partial charge on any atom is 0.261 e. The first-order valence-corrected chi connectivity index (χ1v) is 8.96. The second-order valence-electron chi connectivity index (χ2n) is 7.43. The van der Waals surface area contributed by atoms with Crippen LogP contribution in [0.4, 0.5) is 0 Å². The van der Waals surface area contributed by atoms with Gasteiger partial charge in [0.05, 0.1) is 24.4 Å². The van der Waals surface area contributed by atoms with Gasteiger partial charge in [-0.25, -0.2) is 0 Å². The van der Waals surface area contributed by atoms with Crippen molar-refractivity contribution in [2.45, 2.75) is 39.2 Å². The monoisotopic (exact) mass is 370 g/mol. The first-order valence-electron chi connectivity index (χ1n) is 8.96. The fraction of sp³-hybridized carbons (Fsp3) is 0.450. The lowest BCUT2D eigenvalue weighted by Crippen LogP contribution is -2.11. The number of aromatic nitrogens is 4. The zero-order valence-corrected chi connectivity index (χ0v) is 16.5. The molecule has 7 heteroatoms. The van der Waals surface area contributed by atoms with Gasteiger partial charge >= 0.3 is 0 Å². The second kappa shape index (κ2) is 7.92. The van der Waals surface area contributed by atoms with Crippen LogP contribution >= 0.6 is 0 Å². The van der Waals surface area contributed by atoms with Crippen LogP contribution in [0.2, 0.25) is 0 Å². The van der Waals surface area contributed by atoms with E-state index in [0.717, 1.165) is 24.1 Å². The molecule has 7 nitrogen and oxygen atoms in total. The van der Waals surface area contributed by atoms with E-state index in [1.807, 2.05) is 16.9 Å². The van der Waals surface area contributed by atoms with Crippen LogP contribution in [-0.4, -0.2) is 40.7 Å². The molecule has 0 bridgehead atoms. The van der Waals surface area contributed by atoms with Crippen molar-refractivity contribution >= 4 is 0 Å². The van der Waals surface area contributed by atoms with Gasteiger partial charge in [0.25, 0.3) is 5.89 Å². The molecule has 0 unspecified atom stereocenters. The molecule has 0 spiro atoms. The Balaban J connectivity index is 1.87. The van der Waals surface area contributed by atoms with E-state index in [9.17, 15) is 0 Å². The summed E-state index contributed by atoms with van der Waals surface area (Å²) in [6.07, 6.45) is 4.52. The van der Waals surface area contributed by atoms with Gasteiger partial charge in [-0.15, -0.1) is 0 Å². The number of ether oxygens (including phenoxy) is 2. The molecule has 1 aromatic carbocycles. The van der Waals surface area contributed by atoms with Gasteiger partial charge in [0.1, 0.15) is 5.75 Å². The van der Waals surface area contributed by atoms with E-state index >= 15 is 0 Å². The molecular weight excluding hydrogens is 344 g/mol. The maximum absolute atomic E-state index is 5.49. The highest BCUT2D eigenvalue weighted by atomic mass is 16.5. The zero-order valence-electron chi connectivity index (χ0n) is 16.5. The number of nitrogens with zero attached hydrogens (tertiary/aromatic N) is 4. The summed E-state index contributed by atoms with van der Waals surface area (Å²) < 4.78 is 17.9. The first-order chi connectivity index (χ1) is 12.9. The van der Waals surface area contributed by atoms with E-state index < -0.39 is 0 Å². The minimum atomic E-state index is 0.0108. The molecule has 0 atom stereocenters. The lowest BCUT2D eigenvalue weighted by atomic mass is 9.86. The van der Waals surface area contributed by atoms with Crippen molar-refractivity contribution in [2.24, 2.45) is 0 Å².